The molecule has 65 heavy (non-hydrogen) atoms. The summed E-state index contributed by atoms with van der Waals surface area (Å²) in [5, 5.41) is 4.89. The third-order valence-electron chi connectivity index (χ3n) is 13.8. The van der Waals surface area contributed by atoms with Crippen molar-refractivity contribution in [1.29, 1.82) is 0 Å². The van der Waals surface area contributed by atoms with Crippen molar-refractivity contribution in [2.45, 2.75) is 5.41 Å². The number of fused-ring (bicyclic) bond motifs is 12. The van der Waals surface area contributed by atoms with Crippen molar-refractivity contribution in [2.24, 2.45) is 0 Å². The van der Waals surface area contributed by atoms with Crippen molar-refractivity contribution in [1.82, 2.24) is 0 Å². The Kier molecular flexibility index (Phi) is 8.47. The van der Waals surface area contributed by atoms with Crippen LogP contribution in [-0.2, 0) is 5.41 Å². The highest BCUT2D eigenvalue weighted by atomic mass is 15.2. The number of anilines is 6. The number of benzene rings is 11. The van der Waals surface area contributed by atoms with Crippen LogP contribution in [0.2, 0.25) is 0 Å². The Labute approximate surface area is 379 Å². The average Bonchev–Trinajstić information content (AvgIpc) is 3.68. The molecule has 0 fully saturated rings. The second-order valence-electron chi connectivity index (χ2n) is 17.2. The van der Waals surface area contributed by atoms with Crippen LogP contribution in [0.5, 0.6) is 0 Å². The minimum absolute atomic E-state index is 0.593. The van der Waals surface area contributed by atoms with E-state index in [9.17, 15) is 0 Å². The summed E-state index contributed by atoms with van der Waals surface area (Å²) in [4.78, 5) is 5.02. The van der Waals surface area contributed by atoms with Crippen molar-refractivity contribution < 1.29 is 0 Å². The third-order valence-corrected chi connectivity index (χ3v) is 13.8. The summed E-state index contributed by atoms with van der Waals surface area (Å²) in [6.07, 6.45) is 0. The zero-order valence-electron chi connectivity index (χ0n) is 35.6. The quantitative estimate of drug-likeness (QED) is 0.154. The number of hydrogen-bond acceptors (Lipinski definition) is 2. The monoisotopic (exact) mass is 826 g/mol. The molecule has 1 heterocycles. The molecule has 0 amide bonds. The number of para-hydroxylation sites is 4. The highest BCUT2D eigenvalue weighted by Gasteiger charge is 2.52. The third kappa shape index (κ3) is 5.54. The molecule has 13 rings (SSSR count). The van der Waals surface area contributed by atoms with Crippen LogP contribution in [0, 0.1) is 0 Å². The second kappa shape index (κ2) is 14.8. The summed E-state index contributed by atoms with van der Waals surface area (Å²) in [5.74, 6) is 0. The van der Waals surface area contributed by atoms with Gasteiger partial charge in [0, 0.05) is 22.2 Å². The molecule has 0 saturated heterocycles. The van der Waals surface area contributed by atoms with Crippen molar-refractivity contribution in [3.8, 4) is 33.4 Å². The molecule has 0 unspecified atom stereocenters. The minimum atomic E-state index is -0.593. The van der Waals surface area contributed by atoms with Gasteiger partial charge < -0.3 is 9.80 Å². The van der Waals surface area contributed by atoms with Gasteiger partial charge in [0.1, 0.15) is 0 Å². The zero-order chi connectivity index (χ0) is 42.9. The van der Waals surface area contributed by atoms with E-state index in [-0.39, 0.29) is 0 Å². The molecule has 0 aromatic heterocycles. The van der Waals surface area contributed by atoms with E-state index in [1.807, 2.05) is 0 Å². The number of nitrogens with zero attached hydrogens (tertiary/aromatic N) is 2. The smallest absolute Gasteiger partial charge is 0.0755 e. The van der Waals surface area contributed by atoms with Gasteiger partial charge in [0.05, 0.1) is 33.9 Å². The number of rotatable bonds is 6. The summed E-state index contributed by atoms with van der Waals surface area (Å²) in [6.45, 7) is 0. The largest absolute Gasteiger partial charge is 0.310 e. The lowest BCUT2D eigenvalue weighted by molar-refractivity contribution is 0.752. The molecule has 0 atom stereocenters. The fourth-order valence-electron chi connectivity index (χ4n) is 11.2. The molecular weight excluding hydrogens is 785 g/mol. The molecule has 304 valence electrons. The lowest BCUT2D eigenvalue weighted by Crippen LogP contribution is -2.36. The molecule has 0 bridgehead atoms. The van der Waals surface area contributed by atoms with Crippen molar-refractivity contribution in [2.75, 3.05) is 9.80 Å². The maximum atomic E-state index is 2.57. The molecule has 1 aliphatic heterocycles. The van der Waals surface area contributed by atoms with Gasteiger partial charge >= 0.3 is 0 Å². The van der Waals surface area contributed by atoms with Crippen LogP contribution in [0.25, 0.3) is 54.9 Å². The molecule has 1 aliphatic carbocycles. The molecule has 0 N–H and O–H groups in total. The van der Waals surface area contributed by atoms with Crippen LogP contribution >= 0.6 is 0 Å². The fourth-order valence-corrected chi connectivity index (χ4v) is 11.2. The zero-order valence-corrected chi connectivity index (χ0v) is 35.6. The first-order chi connectivity index (χ1) is 32.3. The molecular formula is C63H42N2. The van der Waals surface area contributed by atoms with Crippen molar-refractivity contribution >= 4 is 55.7 Å². The van der Waals surface area contributed by atoms with Crippen LogP contribution in [0.3, 0.4) is 0 Å². The van der Waals surface area contributed by atoms with Gasteiger partial charge in [-0.25, -0.2) is 0 Å². The first-order valence-corrected chi connectivity index (χ1v) is 22.5. The normalized spacial score (nSPS) is 13.0. The fraction of sp³-hybridized carbons (Fsp3) is 0.0159. The summed E-state index contributed by atoms with van der Waals surface area (Å²) in [7, 11) is 0. The first-order valence-electron chi connectivity index (χ1n) is 22.5. The Hall–Kier alpha value is -8.46. The molecule has 11 aromatic carbocycles. The van der Waals surface area contributed by atoms with Gasteiger partial charge in [0.15, 0.2) is 0 Å². The van der Waals surface area contributed by atoms with Gasteiger partial charge in [-0.1, -0.05) is 212 Å². The van der Waals surface area contributed by atoms with Gasteiger partial charge in [0.25, 0.3) is 0 Å². The van der Waals surface area contributed by atoms with Gasteiger partial charge in [-0.2, -0.15) is 0 Å². The Morgan fingerprint density at radius 1 is 0.308 bits per heavy atom. The van der Waals surface area contributed by atoms with E-state index in [2.05, 4.69) is 265 Å². The van der Waals surface area contributed by atoms with E-state index >= 15 is 0 Å². The highest BCUT2D eigenvalue weighted by Crippen LogP contribution is 2.65. The summed E-state index contributed by atoms with van der Waals surface area (Å²) in [6, 6.07) is 94.0. The lowest BCUT2D eigenvalue weighted by Gasteiger charge is -2.45. The van der Waals surface area contributed by atoms with Crippen LogP contribution < -0.4 is 9.80 Å². The summed E-state index contributed by atoms with van der Waals surface area (Å²) < 4.78 is 0. The van der Waals surface area contributed by atoms with E-state index in [0.717, 1.165) is 33.9 Å². The Morgan fingerprint density at radius 2 is 0.815 bits per heavy atom. The molecule has 2 aliphatic rings. The van der Waals surface area contributed by atoms with E-state index in [0.29, 0.717) is 0 Å². The topological polar surface area (TPSA) is 6.48 Å². The van der Waals surface area contributed by atoms with E-state index in [1.165, 1.54) is 77.4 Å². The standard InChI is InChI=1S/C63H42N2/c1-3-20-43(21-4-1)44-38-40-45(41-39-44)49-26-12-16-34-57(49)65(61-42-46-22-7-8-25-48(46)50-27-9-10-28-51(50)61)60-37-19-33-56-62(60)52-29-11-13-30-53(52)63(56)54-31-14-17-35-58(54)64(47-23-5-2-6-24-47)59-36-18-15-32-55(59)63/h1-42H. The number of hydrogen-bond donors (Lipinski definition) is 0. The minimum Gasteiger partial charge on any atom is -0.310 e. The first kappa shape index (κ1) is 37.1. The molecule has 11 aromatic rings. The molecule has 1 spiro atoms. The SMILES string of the molecule is c1ccc(-c2ccc(-c3ccccc3N(c3cccc4c3-c3ccccc3C43c4ccccc4N(c4ccccc4)c4ccccc43)c3cc4ccccc4c4ccccc34)cc2)cc1. The Morgan fingerprint density at radius 3 is 1.55 bits per heavy atom. The Bertz CT molecular complexity index is 3560. The second-order valence-corrected chi connectivity index (χ2v) is 17.2. The van der Waals surface area contributed by atoms with Crippen LogP contribution in [0.4, 0.5) is 34.1 Å². The van der Waals surface area contributed by atoms with Gasteiger partial charge in [0.2, 0.25) is 0 Å². The van der Waals surface area contributed by atoms with E-state index < -0.39 is 5.41 Å². The lowest BCUT2D eigenvalue weighted by atomic mass is 9.64. The molecule has 0 radical (unpaired) electrons. The summed E-state index contributed by atoms with van der Waals surface area (Å²) in [5.41, 5.74) is 18.7. The van der Waals surface area contributed by atoms with Crippen LogP contribution in [0.15, 0.2) is 255 Å². The summed E-state index contributed by atoms with van der Waals surface area (Å²) >= 11 is 0. The maximum Gasteiger partial charge on any atom is 0.0755 e. The van der Waals surface area contributed by atoms with Gasteiger partial charge in [-0.05, 0) is 103 Å². The molecule has 2 nitrogen and oxygen atoms in total. The van der Waals surface area contributed by atoms with Crippen LogP contribution in [0.1, 0.15) is 22.3 Å². The van der Waals surface area contributed by atoms with Crippen molar-refractivity contribution in [3.63, 3.8) is 0 Å². The van der Waals surface area contributed by atoms with Gasteiger partial charge in [-0.3, -0.25) is 0 Å². The predicted molar refractivity (Wildman–Crippen MR) is 273 cm³/mol. The average molecular weight is 827 g/mol. The molecule has 2 heteroatoms. The van der Waals surface area contributed by atoms with E-state index in [4.69, 9.17) is 0 Å². The van der Waals surface area contributed by atoms with Crippen molar-refractivity contribution in [3.05, 3.63) is 277 Å². The van der Waals surface area contributed by atoms with E-state index in [1.54, 1.807) is 0 Å². The molecule has 0 saturated carbocycles. The highest BCUT2D eigenvalue weighted by molar-refractivity contribution is 6.16. The Balaban J connectivity index is 1.12. The van der Waals surface area contributed by atoms with Gasteiger partial charge in [-0.15, -0.1) is 0 Å². The predicted octanol–water partition coefficient (Wildman–Crippen LogP) is 16.9. The van der Waals surface area contributed by atoms with Crippen LogP contribution in [-0.4, -0.2) is 0 Å². The maximum absolute atomic E-state index is 2.57.